The first kappa shape index (κ1) is 9.53. The smallest absolute Gasteiger partial charge is 0.119 e. The molecule has 1 aromatic carbocycles. The maximum absolute atomic E-state index is 6.17. The lowest BCUT2D eigenvalue weighted by atomic mass is 10.0. The first-order valence-electron chi connectivity index (χ1n) is 5.12. The van der Waals surface area contributed by atoms with Gasteiger partial charge in [0.15, 0.2) is 0 Å². The van der Waals surface area contributed by atoms with Gasteiger partial charge in [-0.2, -0.15) is 0 Å². The highest BCUT2D eigenvalue weighted by molar-refractivity contribution is 5.37. The minimum atomic E-state index is 0.0480. The zero-order valence-corrected chi connectivity index (χ0v) is 8.79. The minimum absolute atomic E-state index is 0.0480. The molecule has 1 aliphatic carbocycles. The Morgan fingerprint density at radius 3 is 2.93 bits per heavy atom. The van der Waals surface area contributed by atoms with Crippen LogP contribution in [0.25, 0.3) is 0 Å². The summed E-state index contributed by atoms with van der Waals surface area (Å²) in [6.45, 7) is 2.15. The fourth-order valence-corrected chi connectivity index (χ4v) is 2.02. The third-order valence-corrected chi connectivity index (χ3v) is 3.27. The molecule has 1 saturated carbocycles. The highest BCUT2D eigenvalue weighted by Gasteiger charge is 2.49. The predicted molar refractivity (Wildman–Crippen MR) is 57.6 cm³/mol. The SMILES string of the molecule is CC[C@@]1(N)C[C@@H]1c1cccc(OC)c1. The largest absolute Gasteiger partial charge is 0.497 e. The van der Waals surface area contributed by atoms with Gasteiger partial charge in [-0.05, 0) is 30.5 Å². The van der Waals surface area contributed by atoms with Crippen LogP contribution in [0.2, 0.25) is 0 Å². The first-order chi connectivity index (χ1) is 6.69. The average molecular weight is 191 g/mol. The molecule has 2 rings (SSSR count). The number of hydrogen-bond donors (Lipinski definition) is 1. The zero-order chi connectivity index (χ0) is 10.2. The second kappa shape index (κ2) is 3.28. The Bertz CT molecular complexity index is 337. The van der Waals surface area contributed by atoms with Crippen LogP contribution in [0, 0.1) is 0 Å². The molecule has 2 nitrogen and oxygen atoms in total. The summed E-state index contributed by atoms with van der Waals surface area (Å²) in [5, 5.41) is 0. The fraction of sp³-hybridized carbons (Fsp3) is 0.500. The van der Waals surface area contributed by atoms with Gasteiger partial charge in [0, 0.05) is 11.5 Å². The molecule has 0 unspecified atom stereocenters. The maximum atomic E-state index is 6.17. The number of nitrogens with two attached hydrogens (primary N) is 1. The van der Waals surface area contributed by atoms with Crippen molar-refractivity contribution in [1.82, 2.24) is 0 Å². The number of benzene rings is 1. The van der Waals surface area contributed by atoms with E-state index in [0.717, 1.165) is 18.6 Å². The molecule has 0 aromatic heterocycles. The molecule has 0 amide bonds. The Kier molecular flexibility index (Phi) is 2.23. The lowest BCUT2D eigenvalue weighted by molar-refractivity contribution is 0.414. The molecule has 0 heterocycles. The summed E-state index contributed by atoms with van der Waals surface area (Å²) in [5.74, 6) is 1.45. The molecule has 0 radical (unpaired) electrons. The molecular formula is C12H17NO. The van der Waals surface area contributed by atoms with E-state index in [-0.39, 0.29) is 5.54 Å². The van der Waals surface area contributed by atoms with E-state index in [1.54, 1.807) is 7.11 Å². The molecule has 14 heavy (non-hydrogen) atoms. The van der Waals surface area contributed by atoms with E-state index in [1.165, 1.54) is 5.56 Å². The van der Waals surface area contributed by atoms with Crippen LogP contribution in [0.5, 0.6) is 5.75 Å². The van der Waals surface area contributed by atoms with Crippen molar-refractivity contribution in [2.45, 2.75) is 31.2 Å². The van der Waals surface area contributed by atoms with Crippen molar-refractivity contribution in [3.63, 3.8) is 0 Å². The van der Waals surface area contributed by atoms with E-state index in [2.05, 4.69) is 19.1 Å². The Hall–Kier alpha value is -1.02. The van der Waals surface area contributed by atoms with Crippen LogP contribution in [-0.4, -0.2) is 12.6 Å². The van der Waals surface area contributed by atoms with Gasteiger partial charge >= 0.3 is 0 Å². The Morgan fingerprint density at radius 1 is 1.57 bits per heavy atom. The van der Waals surface area contributed by atoms with Crippen LogP contribution in [0.1, 0.15) is 31.2 Å². The standard InChI is InChI=1S/C12H17NO/c1-3-12(13)8-11(12)9-5-4-6-10(7-9)14-2/h4-7,11H,3,8,13H2,1-2H3/t11-,12-/m1/s1. The number of rotatable bonds is 3. The highest BCUT2D eigenvalue weighted by Crippen LogP contribution is 2.51. The van der Waals surface area contributed by atoms with Crippen molar-refractivity contribution in [1.29, 1.82) is 0 Å². The van der Waals surface area contributed by atoms with E-state index < -0.39 is 0 Å². The number of ether oxygens (including phenoxy) is 1. The molecule has 2 heteroatoms. The topological polar surface area (TPSA) is 35.2 Å². The van der Waals surface area contributed by atoms with Gasteiger partial charge in [0.25, 0.3) is 0 Å². The monoisotopic (exact) mass is 191 g/mol. The maximum Gasteiger partial charge on any atom is 0.119 e. The molecular weight excluding hydrogens is 174 g/mol. The third kappa shape index (κ3) is 1.50. The summed E-state index contributed by atoms with van der Waals surface area (Å²) < 4.78 is 5.19. The Morgan fingerprint density at radius 2 is 2.36 bits per heavy atom. The molecule has 1 fully saturated rings. The van der Waals surface area contributed by atoms with Crippen LogP contribution in [0.3, 0.4) is 0 Å². The molecule has 76 valence electrons. The fourth-order valence-electron chi connectivity index (χ4n) is 2.02. The van der Waals surface area contributed by atoms with E-state index in [0.29, 0.717) is 5.92 Å². The van der Waals surface area contributed by atoms with Crippen LogP contribution >= 0.6 is 0 Å². The van der Waals surface area contributed by atoms with Crippen molar-refractivity contribution >= 4 is 0 Å². The lowest BCUT2D eigenvalue weighted by Crippen LogP contribution is -2.22. The van der Waals surface area contributed by atoms with Crippen molar-refractivity contribution in [2.75, 3.05) is 7.11 Å². The summed E-state index contributed by atoms with van der Waals surface area (Å²) in [6, 6.07) is 8.23. The van der Waals surface area contributed by atoms with Gasteiger partial charge in [0.05, 0.1) is 7.11 Å². The van der Waals surface area contributed by atoms with Gasteiger partial charge in [0.1, 0.15) is 5.75 Å². The summed E-state index contributed by atoms with van der Waals surface area (Å²) >= 11 is 0. The first-order valence-corrected chi connectivity index (χ1v) is 5.12. The van der Waals surface area contributed by atoms with Crippen molar-refractivity contribution in [2.24, 2.45) is 5.73 Å². The van der Waals surface area contributed by atoms with Crippen LogP contribution in [0.15, 0.2) is 24.3 Å². The molecule has 1 aliphatic rings. The minimum Gasteiger partial charge on any atom is -0.497 e. The summed E-state index contributed by atoms with van der Waals surface area (Å²) in [7, 11) is 1.70. The predicted octanol–water partition coefficient (Wildman–Crippen LogP) is 2.29. The summed E-state index contributed by atoms with van der Waals surface area (Å²) in [5.41, 5.74) is 7.53. The highest BCUT2D eigenvalue weighted by atomic mass is 16.5. The van der Waals surface area contributed by atoms with E-state index >= 15 is 0 Å². The number of methoxy groups -OCH3 is 1. The summed E-state index contributed by atoms with van der Waals surface area (Å²) in [4.78, 5) is 0. The zero-order valence-electron chi connectivity index (χ0n) is 8.79. The second-order valence-electron chi connectivity index (χ2n) is 4.12. The van der Waals surface area contributed by atoms with Gasteiger partial charge in [-0.3, -0.25) is 0 Å². The van der Waals surface area contributed by atoms with Crippen LogP contribution < -0.4 is 10.5 Å². The van der Waals surface area contributed by atoms with E-state index in [9.17, 15) is 0 Å². The second-order valence-corrected chi connectivity index (χ2v) is 4.12. The molecule has 0 spiro atoms. The average Bonchev–Trinajstić information content (AvgIpc) is 2.92. The lowest BCUT2D eigenvalue weighted by Gasteiger charge is -2.08. The molecule has 0 aliphatic heterocycles. The molecule has 1 aromatic rings. The van der Waals surface area contributed by atoms with Gasteiger partial charge in [-0.25, -0.2) is 0 Å². The number of hydrogen-bond acceptors (Lipinski definition) is 2. The Labute approximate surface area is 85.1 Å². The van der Waals surface area contributed by atoms with E-state index in [4.69, 9.17) is 10.5 Å². The quantitative estimate of drug-likeness (QED) is 0.795. The van der Waals surface area contributed by atoms with Crippen LogP contribution in [-0.2, 0) is 0 Å². The Balaban J connectivity index is 2.19. The molecule has 0 bridgehead atoms. The van der Waals surface area contributed by atoms with Gasteiger partial charge in [-0.1, -0.05) is 19.1 Å². The van der Waals surface area contributed by atoms with Gasteiger partial charge < -0.3 is 10.5 Å². The van der Waals surface area contributed by atoms with E-state index in [1.807, 2.05) is 12.1 Å². The normalized spacial score (nSPS) is 30.1. The molecule has 2 N–H and O–H groups in total. The van der Waals surface area contributed by atoms with Gasteiger partial charge in [0.2, 0.25) is 0 Å². The van der Waals surface area contributed by atoms with Crippen molar-refractivity contribution in [3.05, 3.63) is 29.8 Å². The third-order valence-electron chi connectivity index (χ3n) is 3.27. The van der Waals surface area contributed by atoms with Gasteiger partial charge in [-0.15, -0.1) is 0 Å². The van der Waals surface area contributed by atoms with Crippen LogP contribution in [0.4, 0.5) is 0 Å². The molecule has 0 saturated heterocycles. The summed E-state index contributed by atoms with van der Waals surface area (Å²) in [6.07, 6.45) is 2.16. The molecule has 2 atom stereocenters. The van der Waals surface area contributed by atoms with Crippen molar-refractivity contribution < 1.29 is 4.74 Å². The van der Waals surface area contributed by atoms with Crippen molar-refractivity contribution in [3.8, 4) is 5.75 Å².